The topological polar surface area (TPSA) is 150 Å². The molecule has 6 rings (SSSR count). The number of furan rings is 1. The summed E-state index contributed by atoms with van der Waals surface area (Å²) in [5, 5.41) is 10.9. The van der Waals surface area contributed by atoms with Crippen LogP contribution in [-0.2, 0) is 16.9 Å². The van der Waals surface area contributed by atoms with E-state index in [0.717, 1.165) is 11.1 Å². The number of hydrogen-bond acceptors (Lipinski definition) is 6. The van der Waals surface area contributed by atoms with Crippen LogP contribution in [0.5, 0.6) is 5.75 Å². The molecule has 35 heavy (non-hydrogen) atoms. The molecule has 2 aliphatic heterocycles. The van der Waals surface area contributed by atoms with Crippen LogP contribution < -0.4 is 20.9 Å². The van der Waals surface area contributed by atoms with Crippen LogP contribution in [-0.4, -0.2) is 46.6 Å². The lowest BCUT2D eigenvalue weighted by Gasteiger charge is -2.29. The van der Waals surface area contributed by atoms with Gasteiger partial charge in [-0.1, -0.05) is 6.07 Å². The quantitative estimate of drug-likeness (QED) is 0.325. The first-order valence-corrected chi connectivity index (χ1v) is 10.8. The maximum atomic E-state index is 13.2. The molecule has 0 spiro atoms. The molecule has 4 amide bonds. The number of H-pyrrole nitrogens is 2. The third kappa shape index (κ3) is 3.20. The summed E-state index contributed by atoms with van der Waals surface area (Å²) in [6.07, 6.45) is 0. The molecule has 1 atom stereocenters. The van der Waals surface area contributed by atoms with Crippen LogP contribution in [0.3, 0.4) is 0 Å². The van der Waals surface area contributed by atoms with Gasteiger partial charge in [0.2, 0.25) is 0 Å². The Morgan fingerprint density at radius 1 is 1.03 bits per heavy atom. The highest BCUT2D eigenvalue weighted by Crippen LogP contribution is 2.35. The number of benzene rings is 2. The van der Waals surface area contributed by atoms with Crippen LogP contribution in [0.2, 0.25) is 0 Å². The van der Waals surface area contributed by atoms with E-state index in [1.807, 2.05) is 0 Å². The lowest BCUT2D eigenvalue weighted by Crippen LogP contribution is -2.52. The molecule has 176 valence electrons. The Morgan fingerprint density at radius 3 is 2.60 bits per heavy atom. The zero-order valence-electron chi connectivity index (χ0n) is 18.4. The van der Waals surface area contributed by atoms with E-state index in [1.165, 1.54) is 18.1 Å². The van der Waals surface area contributed by atoms with Crippen molar-refractivity contribution in [2.75, 3.05) is 13.7 Å². The van der Waals surface area contributed by atoms with Crippen molar-refractivity contribution in [2.24, 2.45) is 0 Å². The summed E-state index contributed by atoms with van der Waals surface area (Å²) in [4.78, 5) is 51.4. The number of nitrogens with zero attached hydrogens (tertiary/aromatic N) is 1. The van der Waals surface area contributed by atoms with E-state index >= 15 is 0 Å². The molecule has 0 radical (unpaired) electrons. The number of aromatic amines is 2. The smallest absolute Gasteiger partial charge is 0.322 e. The van der Waals surface area contributed by atoms with Crippen LogP contribution in [0, 0.1) is 0 Å². The molecule has 0 bridgehead atoms. The van der Waals surface area contributed by atoms with Crippen LogP contribution in [0.1, 0.15) is 21.7 Å². The number of fused-ring (bicyclic) bond motifs is 2. The Labute approximate surface area is 197 Å². The predicted molar refractivity (Wildman–Crippen MR) is 123 cm³/mol. The van der Waals surface area contributed by atoms with Crippen molar-refractivity contribution >= 4 is 28.8 Å². The molecule has 4 N–H and O–H groups in total. The summed E-state index contributed by atoms with van der Waals surface area (Å²) in [6.45, 7) is 0.145. The van der Waals surface area contributed by atoms with Gasteiger partial charge < -0.3 is 19.4 Å². The molecule has 11 heteroatoms. The maximum absolute atomic E-state index is 13.2. The predicted octanol–water partition coefficient (Wildman–Crippen LogP) is 1.82. The van der Waals surface area contributed by atoms with Crippen LogP contribution in [0.25, 0.3) is 22.2 Å². The highest BCUT2D eigenvalue weighted by Gasteiger charge is 2.53. The van der Waals surface area contributed by atoms with E-state index in [2.05, 4.69) is 20.8 Å². The first-order chi connectivity index (χ1) is 16.9. The van der Waals surface area contributed by atoms with Crippen molar-refractivity contribution in [3.63, 3.8) is 0 Å². The Kier molecular flexibility index (Phi) is 4.37. The summed E-state index contributed by atoms with van der Waals surface area (Å²) in [5.41, 5.74) is 1.22. The minimum atomic E-state index is -1.61. The van der Waals surface area contributed by atoms with Crippen molar-refractivity contribution in [1.29, 1.82) is 0 Å². The third-order valence-corrected chi connectivity index (χ3v) is 6.41. The van der Waals surface area contributed by atoms with E-state index < -0.39 is 17.5 Å². The number of methoxy groups -OCH3 is 1. The maximum Gasteiger partial charge on any atom is 0.322 e. The first kappa shape index (κ1) is 20.8. The van der Waals surface area contributed by atoms with E-state index in [4.69, 9.17) is 9.15 Å². The second-order valence-corrected chi connectivity index (χ2v) is 8.53. The van der Waals surface area contributed by atoms with E-state index in [0.29, 0.717) is 28.0 Å². The zero-order chi connectivity index (χ0) is 24.3. The minimum Gasteiger partial charge on any atom is -0.497 e. The molecule has 4 heterocycles. The average molecular weight is 473 g/mol. The van der Waals surface area contributed by atoms with Crippen molar-refractivity contribution in [3.8, 4) is 17.0 Å². The van der Waals surface area contributed by atoms with Crippen molar-refractivity contribution in [1.82, 2.24) is 25.7 Å². The van der Waals surface area contributed by atoms with Crippen molar-refractivity contribution in [2.45, 2.75) is 12.1 Å². The van der Waals surface area contributed by atoms with Gasteiger partial charge in [-0.25, -0.2) is 4.79 Å². The van der Waals surface area contributed by atoms with Gasteiger partial charge in [0.05, 0.1) is 19.3 Å². The minimum absolute atomic E-state index is 0.127. The molecule has 2 aromatic carbocycles. The molecule has 1 unspecified atom stereocenters. The standard InChI is InChI=1S/C24H19N5O6/c1-34-15-4-2-13-10-29(21(31)16(13)8-15)11-24(22(32)25-23(33)26-24)19-7-14-6-12(3-5-18(14)35-19)17-9-20(30)28-27-17/h2-9H,10-11H2,1H3,(H2,27,28,30)(H2,25,26,32,33). The first-order valence-electron chi connectivity index (χ1n) is 10.8. The Bertz CT molecular complexity index is 1600. The lowest BCUT2D eigenvalue weighted by atomic mass is 9.95. The number of carbonyl (C=O) groups is 3. The van der Waals surface area contributed by atoms with Gasteiger partial charge >= 0.3 is 6.03 Å². The molecular weight excluding hydrogens is 454 g/mol. The fraction of sp³-hybridized carbons (Fsp3) is 0.167. The van der Waals surface area contributed by atoms with Gasteiger partial charge in [0.15, 0.2) is 5.54 Å². The number of carbonyl (C=O) groups excluding carboxylic acids is 3. The summed E-state index contributed by atoms with van der Waals surface area (Å²) in [6, 6.07) is 12.9. The lowest BCUT2D eigenvalue weighted by molar-refractivity contribution is -0.125. The molecule has 1 fully saturated rings. The highest BCUT2D eigenvalue weighted by atomic mass is 16.5. The largest absolute Gasteiger partial charge is 0.497 e. The van der Waals surface area contributed by atoms with Crippen LogP contribution >= 0.6 is 0 Å². The van der Waals surface area contributed by atoms with Gasteiger partial charge in [-0.3, -0.25) is 29.9 Å². The molecule has 1 saturated heterocycles. The SMILES string of the molecule is COc1ccc2c(c1)C(=O)N(CC1(c3cc4cc(-c5cc(=O)[nH][nH]5)ccc4o3)NC(=O)NC1=O)C2. The fourth-order valence-electron chi connectivity index (χ4n) is 4.64. The van der Waals surface area contributed by atoms with Crippen LogP contribution in [0.15, 0.2) is 57.7 Å². The highest BCUT2D eigenvalue weighted by molar-refractivity contribution is 6.08. The molecule has 11 nitrogen and oxygen atoms in total. The number of urea groups is 1. The molecule has 2 aromatic heterocycles. The number of rotatable bonds is 5. The van der Waals surface area contributed by atoms with Gasteiger partial charge in [0.1, 0.15) is 17.1 Å². The zero-order valence-corrected chi connectivity index (χ0v) is 18.4. The summed E-state index contributed by atoms with van der Waals surface area (Å²) in [7, 11) is 1.52. The van der Waals surface area contributed by atoms with Crippen molar-refractivity contribution in [3.05, 3.63) is 75.8 Å². The molecule has 0 saturated carbocycles. The van der Waals surface area contributed by atoms with Crippen molar-refractivity contribution < 1.29 is 23.5 Å². The number of nitrogens with one attached hydrogen (secondary N) is 4. The monoisotopic (exact) mass is 473 g/mol. The van der Waals surface area contributed by atoms with Gasteiger partial charge in [0, 0.05) is 29.1 Å². The average Bonchev–Trinajstić information content (AvgIpc) is 3.60. The summed E-state index contributed by atoms with van der Waals surface area (Å²) in [5.74, 6) is -0.144. The normalized spacial score (nSPS) is 19.2. The van der Waals surface area contributed by atoms with E-state index in [9.17, 15) is 19.2 Å². The number of amides is 4. The third-order valence-electron chi connectivity index (χ3n) is 6.41. The molecular formula is C24H19N5O6. The number of hydrogen-bond donors (Lipinski definition) is 4. The Balaban J connectivity index is 1.39. The Hall–Kier alpha value is -4.80. The van der Waals surface area contributed by atoms with E-state index in [-0.39, 0.29) is 30.3 Å². The second-order valence-electron chi connectivity index (χ2n) is 8.53. The van der Waals surface area contributed by atoms with Gasteiger partial charge in [-0.05, 0) is 42.0 Å². The number of ether oxygens (including phenoxy) is 1. The summed E-state index contributed by atoms with van der Waals surface area (Å²) < 4.78 is 11.2. The molecule has 4 aromatic rings. The number of imide groups is 1. The molecule has 2 aliphatic rings. The Morgan fingerprint density at radius 2 is 1.89 bits per heavy atom. The van der Waals surface area contributed by atoms with Gasteiger partial charge in [0.25, 0.3) is 17.4 Å². The van der Waals surface area contributed by atoms with E-state index in [1.54, 1.807) is 42.5 Å². The number of aromatic nitrogens is 2. The van der Waals surface area contributed by atoms with Gasteiger partial charge in [-0.15, -0.1) is 0 Å². The van der Waals surface area contributed by atoms with Crippen LogP contribution in [0.4, 0.5) is 4.79 Å². The summed E-state index contributed by atoms with van der Waals surface area (Å²) >= 11 is 0. The fourth-order valence-corrected chi connectivity index (χ4v) is 4.64. The van der Waals surface area contributed by atoms with Gasteiger partial charge in [-0.2, -0.15) is 0 Å². The second kappa shape index (κ2) is 7.35. The molecule has 0 aliphatic carbocycles.